The molecule has 3 amide bonds. The number of amides is 3. The van der Waals surface area contributed by atoms with E-state index < -0.39 is 54.9 Å². The van der Waals surface area contributed by atoms with Gasteiger partial charge >= 0.3 is 5.97 Å². The summed E-state index contributed by atoms with van der Waals surface area (Å²) in [6.45, 7) is 9.58. The van der Waals surface area contributed by atoms with E-state index in [0.717, 1.165) is 49.7 Å². The fourth-order valence-electron chi connectivity index (χ4n) is 6.33. The van der Waals surface area contributed by atoms with E-state index in [9.17, 15) is 41.1 Å². The van der Waals surface area contributed by atoms with Gasteiger partial charge in [-0.3, -0.25) is 19.3 Å². The number of nitrogens with one attached hydrogen (secondary N) is 1. The first-order chi connectivity index (χ1) is 30.4. The summed E-state index contributed by atoms with van der Waals surface area (Å²) in [6.07, 6.45) is 6.09. The van der Waals surface area contributed by atoms with Crippen LogP contribution in [-0.4, -0.2) is 125 Å². The molecule has 3 fully saturated rings. The van der Waals surface area contributed by atoms with Gasteiger partial charge in [0.1, 0.15) is 12.4 Å². The minimum Gasteiger partial charge on any atom is -0.493 e. The Hall–Kier alpha value is 2.18. The van der Waals surface area contributed by atoms with Crippen LogP contribution in [0, 0.1) is 0 Å². The van der Waals surface area contributed by atoms with Crippen molar-refractivity contribution in [3.8, 4) is 11.5 Å². The van der Waals surface area contributed by atoms with Crippen molar-refractivity contribution in [2.24, 2.45) is 0 Å². The summed E-state index contributed by atoms with van der Waals surface area (Å²) in [4.78, 5) is 51.5. The average Bonchev–Trinajstić information content (AvgIpc) is 3.81. The number of hydrogen-bond acceptors (Lipinski definition) is 14. The van der Waals surface area contributed by atoms with Crippen molar-refractivity contribution in [1.82, 2.24) is 15.3 Å². The Bertz CT molecular complexity index is 1930. The van der Waals surface area contributed by atoms with Gasteiger partial charge < -0.3 is 29.5 Å². The molecule has 2 heterocycles. The van der Waals surface area contributed by atoms with Crippen LogP contribution in [0.15, 0.2) is 42.2 Å². The molecular formula is C33H63N3O13P14S2. The molecule has 2 N–H and O–H groups in total. The second-order valence-corrected chi connectivity index (χ2v) is 71.6. The van der Waals surface area contributed by atoms with Crippen LogP contribution in [0.1, 0.15) is 50.5 Å². The number of imide groups is 1. The summed E-state index contributed by atoms with van der Waals surface area (Å²) >= 11 is 0. The molecule has 370 valence electrons. The minimum absolute atomic E-state index is 0.0413. The Labute approximate surface area is 409 Å². The Kier molecular flexibility index (Phi) is 31.5. The lowest BCUT2D eigenvalue weighted by Crippen LogP contribution is -2.46. The highest BCUT2D eigenvalue weighted by atomic mass is 33.3. The van der Waals surface area contributed by atoms with Crippen molar-refractivity contribution in [2.75, 3.05) is 51.5 Å². The summed E-state index contributed by atoms with van der Waals surface area (Å²) in [6, 6.07) is 6.10. The Balaban J connectivity index is 0.000000399. The van der Waals surface area contributed by atoms with Gasteiger partial charge in [-0.2, -0.15) is 0 Å². The molecule has 3 aliphatic rings. The van der Waals surface area contributed by atoms with E-state index >= 15 is 0 Å². The molecule has 4 rings (SSSR count). The summed E-state index contributed by atoms with van der Waals surface area (Å²) in [7, 11) is 18.6. The smallest absolute Gasteiger partial charge is 0.348 e. The summed E-state index contributed by atoms with van der Waals surface area (Å²) in [5.41, 5.74) is 1.07. The fraction of sp³-hybridized carbons (Fsp3) is 0.576. The molecular weight excluding hydrogens is 1140 g/mol. The van der Waals surface area contributed by atoms with Crippen molar-refractivity contribution in [2.45, 2.75) is 69.6 Å². The molecule has 0 radical (unpaired) electrons. The first kappa shape index (κ1) is 63.3. The first-order valence-corrected chi connectivity index (χ1v) is 47.6. The zero-order valence-corrected chi connectivity index (χ0v) is 52.2. The van der Waals surface area contributed by atoms with Gasteiger partial charge in [0.2, 0.25) is 5.91 Å². The number of hydroxylamine groups is 2. The van der Waals surface area contributed by atoms with Crippen LogP contribution in [0.5, 0.6) is 11.5 Å². The first-order valence-electron chi connectivity index (χ1n) is 19.6. The van der Waals surface area contributed by atoms with Crippen molar-refractivity contribution >= 4 is 157 Å². The molecule has 10 unspecified atom stereocenters. The van der Waals surface area contributed by atoms with Crippen molar-refractivity contribution in [3.63, 3.8) is 0 Å². The van der Waals surface area contributed by atoms with E-state index in [-0.39, 0.29) is 80.1 Å². The van der Waals surface area contributed by atoms with Gasteiger partial charge in [-0.15, -0.1) is 76.5 Å². The average molecular weight is 1210 g/mol. The van der Waals surface area contributed by atoms with Crippen LogP contribution < -0.4 is 14.8 Å². The van der Waals surface area contributed by atoms with Crippen LogP contribution in [-0.2, 0) is 54.8 Å². The molecule has 11 atom stereocenters. The maximum atomic E-state index is 11.7. The second kappa shape index (κ2) is 32.4. The minimum atomic E-state index is -3.76. The molecule has 32 heteroatoms. The third kappa shape index (κ3) is 23.7. The molecule has 0 aromatic heterocycles. The van der Waals surface area contributed by atoms with Crippen molar-refractivity contribution < 1.29 is 60.2 Å². The zero-order valence-electron chi connectivity index (χ0n) is 36.0. The molecule has 0 bridgehead atoms. The number of carbonyl (C=O) groups excluding carboxylic acids is 4. The van der Waals surface area contributed by atoms with Gasteiger partial charge in [0, 0.05) is 42.8 Å². The van der Waals surface area contributed by atoms with Crippen LogP contribution in [0.4, 0.5) is 0 Å². The number of hydrogen-bond donors (Lipinski definition) is 2. The molecule has 1 aliphatic carbocycles. The highest BCUT2D eigenvalue weighted by Crippen LogP contribution is 3.21. The van der Waals surface area contributed by atoms with Crippen LogP contribution >= 0.6 is 113 Å². The van der Waals surface area contributed by atoms with Gasteiger partial charge in [0.25, 0.3) is 11.8 Å². The van der Waals surface area contributed by atoms with Crippen molar-refractivity contribution in [3.05, 3.63) is 47.7 Å². The number of sulfone groups is 2. The normalized spacial score (nSPS) is 19.3. The third-order valence-electron chi connectivity index (χ3n) is 9.31. The van der Waals surface area contributed by atoms with Gasteiger partial charge in [0.05, 0.1) is 32.5 Å². The molecule has 1 saturated carbocycles. The van der Waals surface area contributed by atoms with Gasteiger partial charge in [-0.1, -0.05) is 32.1 Å². The number of nitrogens with zero attached hydrogens (tertiary/aromatic N) is 2. The Morgan fingerprint density at radius 1 is 0.831 bits per heavy atom. The highest BCUT2D eigenvalue weighted by Gasteiger charge is 2.36. The molecule has 2 aliphatic heterocycles. The number of ether oxygens (including phenoxy) is 3. The SMILES string of the molecule is C=CS(=O)(=O)CC(=O)NCCOc1ccc(CCOC2CCCCC2N2CC[C@@H](O)C2)cc1OC.C=CS(=O)(=O)CC(=O)ON1C(=O)CCC1=O.PP(P)P(P(P)P)P(P(P)P)P(P)P. The number of aliphatic hydroxyl groups excluding tert-OH is 1. The summed E-state index contributed by atoms with van der Waals surface area (Å²) < 4.78 is 62.1. The van der Waals surface area contributed by atoms with Crippen LogP contribution in [0.2, 0.25) is 0 Å². The fourth-order valence-corrected chi connectivity index (χ4v) is 155. The van der Waals surface area contributed by atoms with Crippen LogP contribution in [0.3, 0.4) is 0 Å². The number of methoxy groups -OCH3 is 1. The molecule has 1 aromatic carbocycles. The van der Waals surface area contributed by atoms with E-state index in [1.54, 1.807) is 7.11 Å². The number of rotatable bonds is 22. The Morgan fingerprint density at radius 2 is 1.38 bits per heavy atom. The van der Waals surface area contributed by atoms with E-state index in [2.05, 4.69) is 99.6 Å². The predicted molar refractivity (Wildman–Crippen MR) is 304 cm³/mol. The number of aliphatic hydroxyl groups is 1. The maximum Gasteiger partial charge on any atom is 0.348 e. The van der Waals surface area contributed by atoms with E-state index in [1.807, 2.05) is 18.2 Å². The zero-order chi connectivity index (χ0) is 49.1. The molecule has 0 spiro atoms. The molecule has 1 aromatic rings. The number of carbonyl (C=O) groups is 4. The van der Waals surface area contributed by atoms with Gasteiger partial charge in [-0.25, -0.2) is 21.6 Å². The maximum absolute atomic E-state index is 11.7. The van der Waals surface area contributed by atoms with E-state index in [4.69, 9.17) is 14.2 Å². The Morgan fingerprint density at radius 3 is 1.89 bits per heavy atom. The molecule has 65 heavy (non-hydrogen) atoms. The quantitative estimate of drug-likeness (QED) is 0.0633. The van der Waals surface area contributed by atoms with E-state index in [0.29, 0.717) is 34.6 Å². The topological polar surface area (TPSA) is 212 Å². The molecule has 2 saturated heterocycles. The lowest BCUT2D eigenvalue weighted by Gasteiger charge is -2.37. The number of likely N-dealkylation sites (tertiary alicyclic amines) is 1. The number of β-amino-alcohol motifs (C(OH)–C–C–N with tert-alkyl or cyclic N) is 1. The predicted octanol–water partition coefficient (Wildman–Crippen LogP) is 8.61. The highest BCUT2D eigenvalue weighted by molar-refractivity contribution is 9.27. The monoisotopic (exact) mass is 1210 g/mol. The van der Waals surface area contributed by atoms with Crippen molar-refractivity contribution in [1.29, 1.82) is 0 Å². The van der Waals surface area contributed by atoms with E-state index in [1.165, 1.54) is 12.8 Å². The summed E-state index contributed by atoms with van der Waals surface area (Å²) in [5.74, 6) is -3.55. The van der Waals surface area contributed by atoms with Gasteiger partial charge in [-0.05, 0) is 85.3 Å². The molecule has 16 nitrogen and oxygen atoms in total. The second-order valence-electron chi connectivity index (χ2n) is 14.2. The lowest BCUT2D eigenvalue weighted by molar-refractivity contribution is -0.195. The number of benzene rings is 1. The van der Waals surface area contributed by atoms with Gasteiger partial charge in [0.15, 0.2) is 36.9 Å². The van der Waals surface area contributed by atoms with Crippen LogP contribution in [0.25, 0.3) is 0 Å². The third-order valence-corrected chi connectivity index (χ3v) is 90.5. The standard InChI is InChI=1S/C25H38N2O7S.C8H9NO6S.H16P14/c1-3-35(30,31)18-25(29)26-12-15-34-23-9-8-19(16-24(23)32-2)11-14-33-22-7-5-4-6-21(22)27-13-10-20(28)17-27;1-2-16(13,14)5-8(12)15-9-6(10)3-4-7(9)11;1-9(2)13(10(3)4)14(11(5)6)12(7)8/h3,8-9,16,20-22,28H,1,4-7,10-15,17-18H2,2H3,(H,26,29);2H,1,3-5H2;1-8H2/t20-,21?,22?;;/m1../s1. The summed E-state index contributed by atoms with van der Waals surface area (Å²) in [5, 5.41) is 14.1. The lowest BCUT2D eigenvalue weighted by atomic mass is 9.91. The largest absolute Gasteiger partial charge is 0.493 e.